The van der Waals surface area contributed by atoms with Crippen LogP contribution in [-0.4, -0.2) is 29.7 Å². The zero-order valence-corrected chi connectivity index (χ0v) is 11.4. The van der Waals surface area contributed by atoms with Crippen LogP contribution in [0.2, 0.25) is 0 Å². The Kier molecular flexibility index (Phi) is 4.48. The highest BCUT2D eigenvalue weighted by Gasteiger charge is 2.17. The number of benzene rings is 1. The zero-order chi connectivity index (χ0) is 13.0. The van der Waals surface area contributed by atoms with Crippen LogP contribution in [0.4, 0.5) is 0 Å². The van der Waals surface area contributed by atoms with Crippen molar-refractivity contribution in [2.45, 2.75) is 45.2 Å². The van der Waals surface area contributed by atoms with E-state index in [0.717, 1.165) is 6.54 Å². The summed E-state index contributed by atoms with van der Waals surface area (Å²) in [4.78, 5) is 2.53. The van der Waals surface area contributed by atoms with Crippen molar-refractivity contribution in [1.82, 2.24) is 4.90 Å². The van der Waals surface area contributed by atoms with Gasteiger partial charge in [0, 0.05) is 12.6 Å². The number of ether oxygens (including phenoxy) is 1. The van der Waals surface area contributed by atoms with Crippen LogP contribution >= 0.6 is 0 Å². The molecule has 1 fully saturated rings. The number of phenols is 1. The normalized spacial score (nSPS) is 21.6. The minimum atomic E-state index is 0.213. The van der Waals surface area contributed by atoms with Crippen molar-refractivity contribution >= 4 is 0 Å². The summed E-state index contributed by atoms with van der Waals surface area (Å²) >= 11 is 0. The summed E-state index contributed by atoms with van der Waals surface area (Å²) in [6.07, 6.45) is 5.27. The third kappa shape index (κ3) is 3.16. The van der Waals surface area contributed by atoms with Gasteiger partial charge in [0.1, 0.15) is 0 Å². The first-order valence-electron chi connectivity index (χ1n) is 6.80. The lowest BCUT2D eigenvalue weighted by Crippen LogP contribution is -2.31. The van der Waals surface area contributed by atoms with Crippen LogP contribution < -0.4 is 4.74 Å². The van der Waals surface area contributed by atoms with Crippen LogP contribution in [0, 0.1) is 0 Å². The molecule has 2 rings (SSSR count). The molecule has 1 atom stereocenters. The smallest absolute Gasteiger partial charge is 0.160 e. The van der Waals surface area contributed by atoms with E-state index in [-0.39, 0.29) is 5.75 Å². The Morgan fingerprint density at radius 3 is 2.94 bits per heavy atom. The van der Waals surface area contributed by atoms with Crippen molar-refractivity contribution in [3.63, 3.8) is 0 Å². The van der Waals surface area contributed by atoms with Gasteiger partial charge in [0.05, 0.1) is 7.11 Å². The first-order valence-corrected chi connectivity index (χ1v) is 6.80. The average Bonchev–Trinajstić information content (AvgIpc) is 2.57. The summed E-state index contributed by atoms with van der Waals surface area (Å²) in [5.41, 5.74) is 1.21. The lowest BCUT2D eigenvalue weighted by Gasteiger charge is -2.27. The molecular formula is C15H23NO2. The van der Waals surface area contributed by atoms with Gasteiger partial charge in [0.25, 0.3) is 0 Å². The highest BCUT2D eigenvalue weighted by molar-refractivity contribution is 5.41. The molecule has 1 aliphatic rings. The van der Waals surface area contributed by atoms with E-state index in [1.165, 1.54) is 37.8 Å². The molecule has 1 aliphatic heterocycles. The maximum Gasteiger partial charge on any atom is 0.160 e. The Labute approximate surface area is 109 Å². The number of methoxy groups -OCH3 is 1. The lowest BCUT2D eigenvalue weighted by molar-refractivity contribution is 0.204. The summed E-state index contributed by atoms with van der Waals surface area (Å²) < 4.78 is 5.16. The molecule has 100 valence electrons. The van der Waals surface area contributed by atoms with Crippen molar-refractivity contribution in [2.24, 2.45) is 0 Å². The molecular weight excluding hydrogens is 226 g/mol. The van der Waals surface area contributed by atoms with E-state index in [1.807, 2.05) is 12.1 Å². The molecule has 1 N–H and O–H groups in total. The summed E-state index contributed by atoms with van der Waals surface area (Å²) in [5, 5.41) is 9.60. The molecule has 1 unspecified atom stereocenters. The van der Waals surface area contributed by atoms with E-state index in [1.54, 1.807) is 13.2 Å². The van der Waals surface area contributed by atoms with Gasteiger partial charge in [-0.1, -0.05) is 18.9 Å². The molecule has 3 nitrogen and oxygen atoms in total. The van der Waals surface area contributed by atoms with Crippen LogP contribution in [0.3, 0.4) is 0 Å². The molecule has 1 aromatic carbocycles. The Morgan fingerprint density at radius 2 is 2.17 bits per heavy atom. The van der Waals surface area contributed by atoms with E-state index in [4.69, 9.17) is 4.74 Å². The molecule has 0 saturated carbocycles. The molecule has 1 aromatic rings. The van der Waals surface area contributed by atoms with Gasteiger partial charge in [-0.15, -0.1) is 0 Å². The second-order valence-corrected chi connectivity index (χ2v) is 5.18. The van der Waals surface area contributed by atoms with Gasteiger partial charge >= 0.3 is 0 Å². The summed E-state index contributed by atoms with van der Waals surface area (Å²) in [6.45, 7) is 4.42. The third-order valence-electron chi connectivity index (χ3n) is 3.82. The van der Waals surface area contributed by atoms with Crippen molar-refractivity contribution < 1.29 is 9.84 Å². The van der Waals surface area contributed by atoms with E-state index in [9.17, 15) is 5.11 Å². The van der Waals surface area contributed by atoms with Crippen LogP contribution in [0.5, 0.6) is 11.5 Å². The molecule has 3 heteroatoms. The fraction of sp³-hybridized carbons (Fsp3) is 0.600. The number of phenolic OH excluding ortho intramolecular Hbond substituents is 1. The predicted molar refractivity (Wildman–Crippen MR) is 73.0 cm³/mol. The van der Waals surface area contributed by atoms with Crippen LogP contribution in [0.1, 0.15) is 38.2 Å². The van der Waals surface area contributed by atoms with E-state index in [2.05, 4.69) is 11.8 Å². The number of likely N-dealkylation sites (tertiary alicyclic amines) is 1. The predicted octanol–water partition coefficient (Wildman–Crippen LogP) is 3.17. The first kappa shape index (κ1) is 13.2. The van der Waals surface area contributed by atoms with Crippen molar-refractivity contribution in [3.8, 4) is 11.5 Å². The maximum absolute atomic E-state index is 9.60. The van der Waals surface area contributed by atoms with Gasteiger partial charge in [-0.2, -0.15) is 0 Å². The molecule has 0 amide bonds. The summed E-state index contributed by atoms with van der Waals surface area (Å²) in [6, 6.07) is 6.28. The molecule has 0 aromatic heterocycles. The van der Waals surface area contributed by atoms with Gasteiger partial charge < -0.3 is 9.84 Å². The quantitative estimate of drug-likeness (QED) is 0.893. The van der Waals surface area contributed by atoms with E-state index in [0.29, 0.717) is 11.8 Å². The highest BCUT2D eigenvalue weighted by Crippen LogP contribution is 2.27. The lowest BCUT2D eigenvalue weighted by atomic mass is 10.1. The zero-order valence-electron chi connectivity index (χ0n) is 11.4. The number of nitrogens with zero attached hydrogens (tertiary/aromatic N) is 1. The Balaban J connectivity index is 2.07. The molecule has 18 heavy (non-hydrogen) atoms. The van der Waals surface area contributed by atoms with E-state index >= 15 is 0 Å². The monoisotopic (exact) mass is 249 g/mol. The Morgan fingerprint density at radius 1 is 1.33 bits per heavy atom. The molecule has 0 aliphatic carbocycles. The number of aromatic hydroxyl groups is 1. The molecule has 1 heterocycles. The number of hydrogen-bond acceptors (Lipinski definition) is 3. The fourth-order valence-corrected chi connectivity index (χ4v) is 2.62. The van der Waals surface area contributed by atoms with Crippen molar-refractivity contribution in [1.29, 1.82) is 0 Å². The standard InChI is InChI=1S/C15H23NO2/c1-12-6-4-3-5-9-16(12)11-13-7-8-14(17)15(10-13)18-2/h7-8,10,12,17H,3-6,9,11H2,1-2H3. The largest absolute Gasteiger partial charge is 0.504 e. The Hall–Kier alpha value is -1.22. The van der Waals surface area contributed by atoms with E-state index < -0.39 is 0 Å². The number of rotatable bonds is 3. The van der Waals surface area contributed by atoms with Gasteiger partial charge in [-0.05, 0) is 44.0 Å². The first-order chi connectivity index (χ1) is 8.70. The van der Waals surface area contributed by atoms with Crippen molar-refractivity contribution in [3.05, 3.63) is 23.8 Å². The minimum absolute atomic E-state index is 0.213. The van der Waals surface area contributed by atoms with Gasteiger partial charge in [0.15, 0.2) is 11.5 Å². The highest BCUT2D eigenvalue weighted by atomic mass is 16.5. The van der Waals surface area contributed by atoms with Gasteiger partial charge in [0.2, 0.25) is 0 Å². The van der Waals surface area contributed by atoms with Crippen molar-refractivity contribution in [2.75, 3.05) is 13.7 Å². The second kappa shape index (κ2) is 6.10. The minimum Gasteiger partial charge on any atom is -0.504 e. The summed E-state index contributed by atoms with van der Waals surface area (Å²) in [5.74, 6) is 0.778. The molecule has 0 spiro atoms. The molecule has 0 bridgehead atoms. The van der Waals surface area contributed by atoms with Crippen LogP contribution in [0.25, 0.3) is 0 Å². The van der Waals surface area contributed by atoms with Crippen LogP contribution in [0.15, 0.2) is 18.2 Å². The summed E-state index contributed by atoms with van der Waals surface area (Å²) in [7, 11) is 1.59. The van der Waals surface area contributed by atoms with Gasteiger partial charge in [-0.3, -0.25) is 4.90 Å². The van der Waals surface area contributed by atoms with Crippen LogP contribution in [-0.2, 0) is 6.54 Å². The topological polar surface area (TPSA) is 32.7 Å². The fourth-order valence-electron chi connectivity index (χ4n) is 2.62. The molecule has 1 saturated heterocycles. The maximum atomic E-state index is 9.60. The average molecular weight is 249 g/mol. The SMILES string of the molecule is COc1cc(CN2CCCCCC2C)ccc1O. The second-order valence-electron chi connectivity index (χ2n) is 5.18. The molecule has 0 radical (unpaired) electrons. The number of hydrogen-bond donors (Lipinski definition) is 1. The third-order valence-corrected chi connectivity index (χ3v) is 3.82. The van der Waals surface area contributed by atoms with Gasteiger partial charge in [-0.25, -0.2) is 0 Å². The Bertz CT molecular complexity index is 392.